The van der Waals surface area contributed by atoms with Crippen LogP contribution in [0.5, 0.6) is 0 Å². The number of nitrogens with zero attached hydrogens (tertiary/aromatic N) is 7. The van der Waals surface area contributed by atoms with Crippen molar-refractivity contribution in [2.75, 3.05) is 38.7 Å². The van der Waals surface area contributed by atoms with Gasteiger partial charge in [-0.25, -0.2) is 9.67 Å². The van der Waals surface area contributed by atoms with E-state index in [-0.39, 0.29) is 7.43 Å². The Morgan fingerprint density at radius 2 is 2.14 bits per heavy atom. The number of piperidine rings is 1. The first kappa shape index (κ1) is 20.2. The van der Waals surface area contributed by atoms with Gasteiger partial charge >= 0.3 is 0 Å². The lowest BCUT2D eigenvalue weighted by Gasteiger charge is -2.32. The summed E-state index contributed by atoms with van der Waals surface area (Å²) in [6.07, 6.45) is 9.74. The summed E-state index contributed by atoms with van der Waals surface area (Å²) in [4.78, 5) is 11.5. The molecule has 28 heavy (non-hydrogen) atoms. The van der Waals surface area contributed by atoms with Gasteiger partial charge in [0.05, 0.1) is 30.1 Å². The SMILES string of the molecule is C.COCCN1CCCC(Cn2ncc3cnc(Nc4cnn(C)c4)nc32)C1. The number of hydrogen-bond donors (Lipinski definition) is 1. The molecule has 3 aromatic rings. The molecule has 9 heteroatoms. The van der Waals surface area contributed by atoms with E-state index in [0.717, 1.165) is 49.5 Å². The second kappa shape index (κ2) is 9.11. The maximum Gasteiger partial charge on any atom is 0.229 e. The summed E-state index contributed by atoms with van der Waals surface area (Å²) in [6, 6.07) is 0. The number of nitrogens with one attached hydrogen (secondary N) is 1. The second-order valence-electron chi connectivity index (χ2n) is 7.13. The van der Waals surface area contributed by atoms with Crippen LogP contribution < -0.4 is 5.32 Å². The molecule has 0 saturated carbocycles. The molecule has 3 aromatic heterocycles. The Balaban J connectivity index is 0.00000225. The van der Waals surface area contributed by atoms with Crippen molar-refractivity contribution < 1.29 is 4.74 Å². The van der Waals surface area contributed by atoms with Gasteiger partial charge < -0.3 is 15.0 Å². The van der Waals surface area contributed by atoms with Gasteiger partial charge in [0.1, 0.15) is 0 Å². The molecule has 4 rings (SSSR count). The Labute approximate surface area is 165 Å². The largest absolute Gasteiger partial charge is 0.383 e. The normalized spacial score (nSPS) is 17.6. The molecule has 152 valence electrons. The monoisotopic (exact) mass is 386 g/mol. The molecule has 1 aliphatic rings. The Hall–Kier alpha value is -2.52. The zero-order chi connectivity index (χ0) is 18.6. The number of ether oxygens (including phenoxy) is 1. The lowest BCUT2D eigenvalue weighted by atomic mass is 9.98. The van der Waals surface area contributed by atoms with Crippen molar-refractivity contribution in [1.82, 2.24) is 34.4 Å². The van der Waals surface area contributed by atoms with Crippen LogP contribution in [0.25, 0.3) is 11.0 Å². The Kier molecular flexibility index (Phi) is 6.58. The molecule has 0 bridgehead atoms. The van der Waals surface area contributed by atoms with E-state index in [9.17, 15) is 0 Å². The quantitative estimate of drug-likeness (QED) is 0.667. The van der Waals surface area contributed by atoms with Crippen molar-refractivity contribution in [3.8, 4) is 0 Å². The highest BCUT2D eigenvalue weighted by atomic mass is 16.5. The smallest absolute Gasteiger partial charge is 0.229 e. The molecule has 9 nitrogen and oxygen atoms in total. The van der Waals surface area contributed by atoms with Crippen molar-refractivity contribution in [2.24, 2.45) is 13.0 Å². The summed E-state index contributed by atoms with van der Waals surface area (Å²) in [5, 5.41) is 12.9. The summed E-state index contributed by atoms with van der Waals surface area (Å²) >= 11 is 0. The van der Waals surface area contributed by atoms with Crippen LogP contribution >= 0.6 is 0 Å². The van der Waals surface area contributed by atoms with E-state index in [1.807, 2.05) is 30.3 Å². The lowest BCUT2D eigenvalue weighted by molar-refractivity contribution is 0.109. The van der Waals surface area contributed by atoms with Gasteiger partial charge in [-0.1, -0.05) is 7.43 Å². The van der Waals surface area contributed by atoms with E-state index in [0.29, 0.717) is 11.9 Å². The van der Waals surface area contributed by atoms with Gasteiger partial charge in [-0.15, -0.1) is 0 Å². The fraction of sp³-hybridized carbons (Fsp3) is 0.579. The molecule has 4 heterocycles. The number of methoxy groups -OCH3 is 1. The van der Waals surface area contributed by atoms with E-state index in [2.05, 4.69) is 30.4 Å². The number of fused-ring (bicyclic) bond motifs is 1. The highest BCUT2D eigenvalue weighted by Crippen LogP contribution is 2.21. The first-order valence-electron chi connectivity index (χ1n) is 9.37. The third-order valence-electron chi connectivity index (χ3n) is 4.98. The van der Waals surface area contributed by atoms with Gasteiger partial charge in [0.15, 0.2) is 5.65 Å². The zero-order valence-corrected chi connectivity index (χ0v) is 15.9. The minimum Gasteiger partial charge on any atom is -0.383 e. The Bertz CT molecular complexity index is 889. The van der Waals surface area contributed by atoms with Crippen LogP contribution in [-0.4, -0.2) is 67.8 Å². The second-order valence-corrected chi connectivity index (χ2v) is 7.13. The summed E-state index contributed by atoms with van der Waals surface area (Å²) in [6.45, 7) is 4.89. The number of rotatable bonds is 7. The van der Waals surface area contributed by atoms with Gasteiger partial charge in [-0.3, -0.25) is 4.68 Å². The van der Waals surface area contributed by atoms with E-state index < -0.39 is 0 Å². The minimum absolute atomic E-state index is 0. The van der Waals surface area contributed by atoms with Crippen molar-refractivity contribution in [1.29, 1.82) is 0 Å². The van der Waals surface area contributed by atoms with Gasteiger partial charge in [0.2, 0.25) is 5.95 Å². The molecular weight excluding hydrogens is 356 g/mol. The van der Waals surface area contributed by atoms with E-state index >= 15 is 0 Å². The summed E-state index contributed by atoms with van der Waals surface area (Å²) in [5.41, 5.74) is 1.73. The Morgan fingerprint density at radius 1 is 1.25 bits per heavy atom. The molecular formula is C19H30N8O. The van der Waals surface area contributed by atoms with Crippen molar-refractivity contribution >= 4 is 22.7 Å². The van der Waals surface area contributed by atoms with Gasteiger partial charge in [0.25, 0.3) is 0 Å². The van der Waals surface area contributed by atoms with Crippen LogP contribution in [0, 0.1) is 5.92 Å². The maximum atomic E-state index is 5.22. The summed E-state index contributed by atoms with van der Waals surface area (Å²) < 4.78 is 8.97. The number of likely N-dealkylation sites (tertiary alicyclic amines) is 1. The number of aryl methyl sites for hydroxylation is 1. The minimum atomic E-state index is 0. The summed E-state index contributed by atoms with van der Waals surface area (Å²) in [5.74, 6) is 1.13. The highest BCUT2D eigenvalue weighted by molar-refractivity contribution is 5.75. The molecule has 0 aromatic carbocycles. The van der Waals surface area contributed by atoms with Crippen molar-refractivity contribution in [3.05, 3.63) is 24.8 Å². The first-order valence-corrected chi connectivity index (χ1v) is 9.37. The standard InChI is InChI=1S/C18H26N8O.CH4/c1-24-13-16(10-20-24)22-18-19-8-15-9-21-26(17(15)23-18)12-14-4-3-5-25(11-14)6-7-27-2;/h8-10,13-14H,3-7,11-12H2,1-2H3,(H,19,22,23);1H4. The molecule has 0 aliphatic carbocycles. The van der Waals surface area contributed by atoms with Crippen LogP contribution in [-0.2, 0) is 18.3 Å². The third-order valence-corrected chi connectivity index (χ3v) is 4.98. The topological polar surface area (TPSA) is 85.9 Å². The van der Waals surface area contributed by atoms with Gasteiger partial charge in [-0.05, 0) is 25.3 Å². The zero-order valence-electron chi connectivity index (χ0n) is 15.9. The van der Waals surface area contributed by atoms with Gasteiger partial charge in [0, 0.05) is 46.2 Å². The van der Waals surface area contributed by atoms with Crippen molar-refractivity contribution in [2.45, 2.75) is 26.8 Å². The average Bonchev–Trinajstić information content (AvgIpc) is 3.26. The highest BCUT2D eigenvalue weighted by Gasteiger charge is 2.21. The molecule has 1 unspecified atom stereocenters. The molecule has 0 radical (unpaired) electrons. The number of anilines is 2. The molecule has 1 aliphatic heterocycles. The molecule has 1 fully saturated rings. The van der Waals surface area contributed by atoms with Gasteiger partial charge in [-0.2, -0.15) is 15.2 Å². The van der Waals surface area contributed by atoms with Crippen LogP contribution in [0.3, 0.4) is 0 Å². The molecule has 1 saturated heterocycles. The van der Waals surface area contributed by atoms with E-state index in [1.54, 1.807) is 18.0 Å². The molecule has 0 amide bonds. The van der Waals surface area contributed by atoms with Crippen LogP contribution in [0.2, 0.25) is 0 Å². The predicted molar refractivity (Wildman–Crippen MR) is 110 cm³/mol. The number of hydrogen-bond acceptors (Lipinski definition) is 7. The molecule has 1 N–H and O–H groups in total. The predicted octanol–water partition coefficient (Wildman–Crippen LogP) is 2.30. The van der Waals surface area contributed by atoms with E-state index in [4.69, 9.17) is 4.74 Å². The average molecular weight is 387 g/mol. The van der Waals surface area contributed by atoms with E-state index in [1.165, 1.54) is 12.8 Å². The maximum absolute atomic E-state index is 5.22. The molecule has 1 atom stereocenters. The molecule has 0 spiro atoms. The fourth-order valence-corrected chi connectivity index (χ4v) is 3.64. The van der Waals surface area contributed by atoms with Crippen molar-refractivity contribution in [3.63, 3.8) is 0 Å². The number of aromatic nitrogens is 6. The third kappa shape index (κ3) is 4.66. The lowest BCUT2D eigenvalue weighted by Crippen LogP contribution is -2.39. The van der Waals surface area contributed by atoms with Crippen LogP contribution in [0.15, 0.2) is 24.8 Å². The van der Waals surface area contributed by atoms with Crippen LogP contribution in [0.4, 0.5) is 11.6 Å². The van der Waals surface area contributed by atoms with Crippen LogP contribution in [0.1, 0.15) is 20.3 Å². The Morgan fingerprint density at radius 3 is 2.93 bits per heavy atom. The summed E-state index contributed by atoms with van der Waals surface area (Å²) in [7, 11) is 3.64. The first-order chi connectivity index (χ1) is 13.2. The fourth-order valence-electron chi connectivity index (χ4n) is 3.64.